The average molecular weight is 448 g/mol. The molecular weight excluding hydrogens is 424 g/mol. The minimum Gasteiger partial charge on any atom is -0.490 e. The van der Waals surface area contributed by atoms with Crippen LogP contribution in [0, 0.1) is 5.82 Å². The van der Waals surface area contributed by atoms with Gasteiger partial charge in [-0.05, 0) is 66.9 Å². The number of hydrogen-bond acceptors (Lipinski definition) is 3. The normalized spacial score (nSPS) is 10.8. The molecule has 0 spiro atoms. The molecule has 0 radical (unpaired) electrons. The smallest absolute Gasteiger partial charge is 0.180 e. The van der Waals surface area contributed by atoms with Gasteiger partial charge in [0, 0.05) is 11.6 Å². The highest BCUT2D eigenvalue weighted by molar-refractivity contribution is 6.32. The zero-order chi connectivity index (χ0) is 21.3. The van der Waals surface area contributed by atoms with Crippen molar-refractivity contribution < 1.29 is 13.9 Å². The van der Waals surface area contributed by atoms with Crippen molar-refractivity contribution in [2.24, 2.45) is 0 Å². The van der Waals surface area contributed by atoms with Crippen molar-refractivity contribution in [2.75, 3.05) is 13.2 Å². The summed E-state index contributed by atoms with van der Waals surface area (Å²) in [6.45, 7) is 3.97. The molecule has 30 heavy (non-hydrogen) atoms. The highest BCUT2D eigenvalue weighted by Gasteiger charge is 2.13. The van der Waals surface area contributed by atoms with Crippen LogP contribution in [0.15, 0.2) is 60.7 Å². The van der Waals surface area contributed by atoms with Gasteiger partial charge in [-0.15, -0.1) is 0 Å². The molecule has 0 bridgehead atoms. The molecular formula is C24H24Cl2FNO2. The Kier molecular flexibility index (Phi) is 8.38. The van der Waals surface area contributed by atoms with E-state index in [0.29, 0.717) is 59.8 Å². The number of ether oxygens (including phenoxy) is 2. The summed E-state index contributed by atoms with van der Waals surface area (Å²) in [5.74, 6) is 0.925. The molecule has 0 fully saturated rings. The van der Waals surface area contributed by atoms with E-state index in [1.807, 2.05) is 49.4 Å². The molecule has 0 aromatic heterocycles. The molecule has 0 saturated heterocycles. The van der Waals surface area contributed by atoms with E-state index in [1.165, 1.54) is 6.07 Å². The molecule has 3 rings (SSSR count). The van der Waals surface area contributed by atoms with Crippen molar-refractivity contribution >= 4 is 23.2 Å². The minimum atomic E-state index is -0.179. The van der Waals surface area contributed by atoms with Crippen molar-refractivity contribution in [1.82, 2.24) is 5.32 Å². The summed E-state index contributed by atoms with van der Waals surface area (Å²) in [6.07, 6.45) is 0.611. The van der Waals surface area contributed by atoms with E-state index in [4.69, 9.17) is 32.7 Å². The molecule has 3 aromatic rings. The van der Waals surface area contributed by atoms with E-state index in [-0.39, 0.29) is 5.82 Å². The van der Waals surface area contributed by atoms with Crippen LogP contribution in [0.1, 0.15) is 23.6 Å². The van der Waals surface area contributed by atoms with Crippen LogP contribution < -0.4 is 14.8 Å². The molecule has 0 heterocycles. The summed E-state index contributed by atoms with van der Waals surface area (Å²) >= 11 is 12.5. The van der Waals surface area contributed by atoms with Gasteiger partial charge < -0.3 is 14.8 Å². The van der Waals surface area contributed by atoms with Crippen LogP contribution >= 0.6 is 23.2 Å². The molecule has 158 valence electrons. The zero-order valence-corrected chi connectivity index (χ0v) is 18.3. The fourth-order valence-corrected chi connectivity index (χ4v) is 3.57. The average Bonchev–Trinajstić information content (AvgIpc) is 2.72. The van der Waals surface area contributed by atoms with Gasteiger partial charge in [-0.25, -0.2) is 4.39 Å². The van der Waals surface area contributed by atoms with Crippen molar-refractivity contribution in [3.05, 3.63) is 93.2 Å². The summed E-state index contributed by atoms with van der Waals surface area (Å²) in [6, 6.07) is 18.1. The second-order valence-electron chi connectivity index (χ2n) is 6.77. The minimum absolute atomic E-state index is 0.179. The van der Waals surface area contributed by atoms with Crippen LogP contribution in [-0.4, -0.2) is 13.2 Å². The first-order valence-corrected chi connectivity index (χ1v) is 10.6. The fourth-order valence-electron chi connectivity index (χ4n) is 3.07. The van der Waals surface area contributed by atoms with Gasteiger partial charge in [0.2, 0.25) is 0 Å². The molecule has 6 heteroatoms. The Morgan fingerprint density at radius 2 is 1.77 bits per heavy atom. The second-order valence-corrected chi connectivity index (χ2v) is 7.62. The lowest BCUT2D eigenvalue weighted by atomic mass is 10.1. The first-order chi connectivity index (χ1) is 14.6. The number of nitrogens with one attached hydrogen (secondary N) is 1. The lowest BCUT2D eigenvalue weighted by Crippen LogP contribution is -2.17. The largest absolute Gasteiger partial charge is 0.490 e. The third-order valence-corrected chi connectivity index (χ3v) is 5.02. The maximum absolute atomic E-state index is 13.7. The Labute approximate surface area is 186 Å². The van der Waals surface area contributed by atoms with Crippen LogP contribution in [0.25, 0.3) is 0 Å². The number of hydrogen-bond donors (Lipinski definition) is 1. The van der Waals surface area contributed by atoms with E-state index < -0.39 is 0 Å². The summed E-state index contributed by atoms with van der Waals surface area (Å²) in [7, 11) is 0. The zero-order valence-electron chi connectivity index (χ0n) is 16.8. The van der Waals surface area contributed by atoms with Crippen molar-refractivity contribution in [3.8, 4) is 11.5 Å². The van der Waals surface area contributed by atoms with Crippen molar-refractivity contribution in [1.29, 1.82) is 0 Å². The van der Waals surface area contributed by atoms with Crippen LogP contribution in [0.2, 0.25) is 10.0 Å². The first-order valence-electron chi connectivity index (χ1n) is 9.83. The Hall–Kier alpha value is -2.27. The highest BCUT2D eigenvalue weighted by atomic mass is 35.5. The maximum atomic E-state index is 13.7. The van der Waals surface area contributed by atoms with E-state index in [2.05, 4.69) is 5.32 Å². The quantitative estimate of drug-likeness (QED) is 0.362. The van der Waals surface area contributed by atoms with Crippen LogP contribution in [0.4, 0.5) is 4.39 Å². The van der Waals surface area contributed by atoms with Gasteiger partial charge >= 0.3 is 0 Å². The van der Waals surface area contributed by atoms with E-state index in [9.17, 15) is 4.39 Å². The molecule has 0 aliphatic carbocycles. The van der Waals surface area contributed by atoms with E-state index >= 15 is 0 Å². The van der Waals surface area contributed by atoms with Gasteiger partial charge in [-0.2, -0.15) is 0 Å². The first kappa shape index (κ1) is 22.4. The predicted molar refractivity (Wildman–Crippen MR) is 120 cm³/mol. The predicted octanol–water partition coefficient (Wildman–Crippen LogP) is 6.44. The lowest BCUT2D eigenvalue weighted by Gasteiger charge is -2.16. The van der Waals surface area contributed by atoms with E-state index in [0.717, 1.165) is 11.1 Å². The Balaban J connectivity index is 1.62. The number of rotatable bonds is 10. The third kappa shape index (κ3) is 6.36. The topological polar surface area (TPSA) is 30.5 Å². The molecule has 3 nitrogen and oxygen atoms in total. The summed E-state index contributed by atoms with van der Waals surface area (Å²) in [4.78, 5) is 0. The molecule has 0 saturated carbocycles. The fraction of sp³-hybridized carbons (Fsp3) is 0.250. The molecule has 0 aliphatic rings. The SMILES string of the molecule is CCOc1cc(CNCCc2ccccc2F)cc(Cl)c1OCc1cccc(Cl)c1. The van der Waals surface area contributed by atoms with Crippen LogP contribution in [0.3, 0.4) is 0 Å². The molecule has 0 amide bonds. The number of benzene rings is 3. The summed E-state index contributed by atoms with van der Waals surface area (Å²) < 4.78 is 25.4. The Morgan fingerprint density at radius 3 is 2.53 bits per heavy atom. The molecule has 0 aliphatic heterocycles. The third-order valence-electron chi connectivity index (χ3n) is 4.50. The van der Waals surface area contributed by atoms with E-state index in [1.54, 1.807) is 12.1 Å². The Bertz CT molecular complexity index is 981. The molecule has 0 atom stereocenters. The van der Waals surface area contributed by atoms with Crippen molar-refractivity contribution in [3.63, 3.8) is 0 Å². The number of halogens is 3. The van der Waals surface area contributed by atoms with Gasteiger partial charge in [-0.1, -0.05) is 53.5 Å². The van der Waals surface area contributed by atoms with Crippen LogP contribution in [0.5, 0.6) is 11.5 Å². The van der Waals surface area contributed by atoms with Gasteiger partial charge in [0.15, 0.2) is 11.5 Å². The molecule has 1 N–H and O–H groups in total. The maximum Gasteiger partial charge on any atom is 0.180 e. The second kappa shape index (κ2) is 11.2. The highest BCUT2D eigenvalue weighted by Crippen LogP contribution is 2.37. The van der Waals surface area contributed by atoms with Crippen LogP contribution in [-0.2, 0) is 19.6 Å². The summed E-state index contributed by atoms with van der Waals surface area (Å²) in [5.41, 5.74) is 2.61. The van der Waals surface area contributed by atoms with Crippen molar-refractivity contribution in [2.45, 2.75) is 26.5 Å². The lowest BCUT2D eigenvalue weighted by molar-refractivity contribution is 0.269. The standard InChI is InChI=1S/C24H24Cl2FNO2/c1-2-29-23-14-18(15-28-11-10-19-7-3-4-9-22(19)27)13-21(26)24(23)30-16-17-6-5-8-20(25)12-17/h3-9,12-14,28H,2,10-11,15-16H2,1H3. The monoisotopic (exact) mass is 447 g/mol. The molecule has 0 unspecified atom stereocenters. The van der Waals surface area contributed by atoms with Gasteiger partial charge in [0.1, 0.15) is 12.4 Å². The molecule has 3 aromatic carbocycles. The van der Waals surface area contributed by atoms with Gasteiger partial charge in [0.05, 0.1) is 11.6 Å². The summed E-state index contributed by atoms with van der Waals surface area (Å²) in [5, 5.41) is 4.46. The Morgan fingerprint density at radius 1 is 0.933 bits per heavy atom. The van der Waals surface area contributed by atoms with Gasteiger partial charge in [-0.3, -0.25) is 0 Å². The van der Waals surface area contributed by atoms with Gasteiger partial charge in [0.25, 0.3) is 0 Å².